The molecule has 2 N–H and O–H groups in total. The van der Waals surface area contributed by atoms with E-state index in [1.165, 1.54) is 13.2 Å². The third-order valence-corrected chi connectivity index (χ3v) is 6.06. The molecule has 2 aliphatic heterocycles. The van der Waals surface area contributed by atoms with E-state index in [2.05, 4.69) is 15.6 Å². The second kappa shape index (κ2) is 9.52. The van der Waals surface area contributed by atoms with E-state index < -0.39 is 40.8 Å². The van der Waals surface area contributed by atoms with Crippen molar-refractivity contribution < 1.29 is 27.1 Å². The van der Waals surface area contributed by atoms with Crippen LogP contribution in [0, 0.1) is 29.2 Å². The van der Waals surface area contributed by atoms with E-state index in [1.807, 2.05) is 0 Å². The molecule has 2 aliphatic rings. The molecule has 2 heterocycles. The molecule has 174 valence electrons. The highest BCUT2D eigenvalue weighted by Crippen LogP contribution is 2.39. The minimum Gasteiger partial charge on any atom is -0.466 e. The summed E-state index contributed by atoms with van der Waals surface area (Å²) in [5.74, 6) is -5.10. The largest absolute Gasteiger partial charge is 0.466 e. The zero-order chi connectivity index (χ0) is 23.7. The molecule has 10 heteroatoms. The summed E-state index contributed by atoms with van der Waals surface area (Å²) >= 11 is 6.27. The third kappa shape index (κ3) is 4.60. The number of aliphatic imine (C=N–C) groups is 1. The zero-order valence-electron chi connectivity index (χ0n) is 17.5. The smallest absolute Gasteiger partial charge is 0.338 e. The number of piperidine rings is 1. The molecule has 0 aliphatic carbocycles. The van der Waals surface area contributed by atoms with Gasteiger partial charge in [-0.25, -0.2) is 22.4 Å². The van der Waals surface area contributed by atoms with Crippen molar-refractivity contribution in [3.05, 3.63) is 81.0 Å². The summed E-state index contributed by atoms with van der Waals surface area (Å²) in [5.41, 5.74) is 0.188. The molecule has 33 heavy (non-hydrogen) atoms. The minimum atomic E-state index is -1.16. The Labute approximate surface area is 192 Å². The Morgan fingerprint density at radius 2 is 1.73 bits per heavy atom. The molecule has 1 unspecified atom stereocenters. The monoisotopic (exact) mass is 481 g/mol. The number of esters is 1. The van der Waals surface area contributed by atoms with Gasteiger partial charge in [0.15, 0.2) is 0 Å². The maximum Gasteiger partial charge on any atom is 0.338 e. The van der Waals surface area contributed by atoms with Crippen molar-refractivity contribution >= 4 is 23.4 Å². The zero-order valence-corrected chi connectivity index (χ0v) is 18.3. The van der Waals surface area contributed by atoms with Crippen molar-refractivity contribution in [3.63, 3.8) is 0 Å². The number of ether oxygens (including phenoxy) is 1. The van der Waals surface area contributed by atoms with Crippen LogP contribution in [-0.2, 0) is 9.53 Å². The predicted octanol–water partition coefficient (Wildman–Crippen LogP) is 4.41. The molecular weight excluding hydrogens is 462 g/mol. The SMILES string of the molecule is COC(=O)C1=C(C2CCNCC2)NC(c2c(F)cc(F)cc2F)=NC1c1ccc(F)cc1Cl. The van der Waals surface area contributed by atoms with Gasteiger partial charge in [-0.1, -0.05) is 17.7 Å². The second-order valence-electron chi connectivity index (χ2n) is 7.76. The van der Waals surface area contributed by atoms with E-state index >= 15 is 0 Å². The average molecular weight is 482 g/mol. The average Bonchev–Trinajstić information content (AvgIpc) is 2.78. The Kier molecular flexibility index (Phi) is 6.71. The summed E-state index contributed by atoms with van der Waals surface area (Å²) in [6, 6.07) is 3.53. The van der Waals surface area contributed by atoms with Crippen molar-refractivity contribution in [1.82, 2.24) is 10.6 Å². The Morgan fingerprint density at radius 1 is 1.06 bits per heavy atom. The van der Waals surface area contributed by atoms with Crippen molar-refractivity contribution in [2.75, 3.05) is 20.2 Å². The molecule has 0 amide bonds. The van der Waals surface area contributed by atoms with Crippen molar-refractivity contribution in [1.29, 1.82) is 0 Å². The van der Waals surface area contributed by atoms with E-state index in [1.54, 1.807) is 0 Å². The number of hydrogen-bond donors (Lipinski definition) is 2. The lowest BCUT2D eigenvalue weighted by Gasteiger charge is -2.33. The van der Waals surface area contributed by atoms with E-state index in [-0.39, 0.29) is 27.9 Å². The number of nitrogens with zero attached hydrogens (tertiary/aromatic N) is 1. The van der Waals surface area contributed by atoms with Crippen LogP contribution in [0.15, 0.2) is 46.6 Å². The number of carbonyl (C=O) groups excluding carboxylic acids is 1. The highest BCUT2D eigenvalue weighted by molar-refractivity contribution is 6.31. The molecule has 0 bridgehead atoms. The van der Waals surface area contributed by atoms with Gasteiger partial charge in [0.05, 0.1) is 18.2 Å². The topological polar surface area (TPSA) is 62.7 Å². The first kappa shape index (κ1) is 23.3. The lowest BCUT2D eigenvalue weighted by molar-refractivity contribution is -0.136. The fourth-order valence-corrected chi connectivity index (χ4v) is 4.45. The molecule has 0 radical (unpaired) electrons. The van der Waals surface area contributed by atoms with Crippen LogP contribution < -0.4 is 10.6 Å². The third-order valence-electron chi connectivity index (χ3n) is 5.73. The number of halogens is 5. The van der Waals surface area contributed by atoms with Crippen LogP contribution in [0.3, 0.4) is 0 Å². The lowest BCUT2D eigenvalue weighted by atomic mass is 9.86. The van der Waals surface area contributed by atoms with Gasteiger partial charge in [0.2, 0.25) is 0 Å². The van der Waals surface area contributed by atoms with Crippen LogP contribution in [0.25, 0.3) is 0 Å². The lowest BCUT2D eigenvalue weighted by Crippen LogP contribution is -2.40. The highest BCUT2D eigenvalue weighted by atomic mass is 35.5. The first-order chi connectivity index (χ1) is 15.8. The van der Waals surface area contributed by atoms with Gasteiger partial charge in [0, 0.05) is 34.3 Å². The van der Waals surface area contributed by atoms with Crippen molar-refractivity contribution in [2.45, 2.75) is 18.9 Å². The molecule has 1 fully saturated rings. The fourth-order valence-electron chi connectivity index (χ4n) is 4.18. The summed E-state index contributed by atoms with van der Waals surface area (Å²) < 4.78 is 61.5. The van der Waals surface area contributed by atoms with Crippen LogP contribution in [0.1, 0.15) is 30.0 Å². The number of rotatable bonds is 4. The number of hydrogen-bond acceptors (Lipinski definition) is 5. The van der Waals surface area contributed by atoms with Crippen LogP contribution in [-0.4, -0.2) is 32.0 Å². The number of methoxy groups -OCH3 is 1. The predicted molar refractivity (Wildman–Crippen MR) is 115 cm³/mol. The number of amidine groups is 1. The maximum atomic E-state index is 14.7. The van der Waals surface area contributed by atoms with Crippen molar-refractivity contribution in [3.8, 4) is 0 Å². The molecule has 0 aromatic heterocycles. The quantitative estimate of drug-likeness (QED) is 0.501. The second-order valence-corrected chi connectivity index (χ2v) is 8.17. The van der Waals surface area contributed by atoms with Gasteiger partial charge in [-0.05, 0) is 38.1 Å². The minimum absolute atomic E-state index is 0.0175. The summed E-state index contributed by atoms with van der Waals surface area (Å²) in [6.07, 6.45) is 1.27. The number of carbonyl (C=O) groups is 1. The number of benzene rings is 2. The summed E-state index contributed by atoms with van der Waals surface area (Å²) in [4.78, 5) is 17.3. The number of allylic oxidation sites excluding steroid dienone is 1. The standard InChI is InChI=1S/C23H20ClF4N3O2/c1-33-23(32)19-20(11-4-6-29-7-5-11)30-22(18-16(27)9-13(26)10-17(18)28)31-21(19)14-3-2-12(25)8-15(14)24/h2-3,8-11,21,29H,4-7H2,1H3,(H,30,31). The normalized spacial score (nSPS) is 19.2. The molecule has 0 saturated carbocycles. The summed E-state index contributed by atoms with van der Waals surface area (Å²) in [6.45, 7) is 1.33. The number of nitrogens with one attached hydrogen (secondary N) is 2. The van der Waals surface area contributed by atoms with Crippen LogP contribution in [0.4, 0.5) is 17.6 Å². The van der Waals surface area contributed by atoms with Crippen LogP contribution in [0.5, 0.6) is 0 Å². The van der Waals surface area contributed by atoms with Gasteiger partial charge in [-0.3, -0.25) is 4.99 Å². The Morgan fingerprint density at radius 3 is 2.33 bits per heavy atom. The van der Waals surface area contributed by atoms with Gasteiger partial charge in [-0.2, -0.15) is 0 Å². The molecule has 5 nitrogen and oxygen atoms in total. The van der Waals surface area contributed by atoms with E-state index in [4.69, 9.17) is 16.3 Å². The molecular formula is C23H20ClF4N3O2. The molecule has 2 aromatic rings. The first-order valence-electron chi connectivity index (χ1n) is 10.3. The maximum absolute atomic E-state index is 14.7. The Hall–Kier alpha value is -2.91. The highest BCUT2D eigenvalue weighted by Gasteiger charge is 2.37. The van der Waals surface area contributed by atoms with Gasteiger partial charge in [0.25, 0.3) is 0 Å². The fraction of sp³-hybridized carbons (Fsp3) is 0.304. The van der Waals surface area contributed by atoms with Crippen molar-refractivity contribution in [2.24, 2.45) is 10.9 Å². The van der Waals surface area contributed by atoms with E-state index in [0.717, 1.165) is 12.1 Å². The van der Waals surface area contributed by atoms with Gasteiger partial charge < -0.3 is 15.4 Å². The van der Waals surface area contributed by atoms with Crippen LogP contribution >= 0.6 is 11.6 Å². The molecule has 0 spiro atoms. The Balaban J connectivity index is 1.94. The molecule has 1 atom stereocenters. The van der Waals surface area contributed by atoms with Gasteiger partial charge in [-0.15, -0.1) is 0 Å². The van der Waals surface area contributed by atoms with Crippen LogP contribution in [0.2, 0.25) is 5.02 Å². The summed E-state index contributed by atoms with van der Waals surface area (Å²) in [7, 11) is 1.21. The molecule has 4 rings (SSSR count). The molecule has 2 aromatic carbocycles. The van der Waals surface area contributed by atoms with Gasteiger partial charge in [0.1, 0.15) is 35.1 Å². The summed E-state index contributed by atoms with van der Waals surface area (Å²) in [5, 5.41) is 6.12. The van der Waals surface area contributed by atoms with E-state index in [0.29, 0.717) is 43.8 Å². The van der Waals surface area contributed by atoms with Gasteiger partial charge >= 0.3 is 5.97 Å². The molecule has 1 saturated heterocycles. The van der Waals surface area contributed by atoms with E-state index in [9.17, 15) is 22.4 Å². The Bertz CT molecular complexity index is 1140. The first-order valence-corrected chi connectivity index (χ1v) is 10.7.